The van der Waals surface area contributed by atoms with Gasteiger partial charge in [0.05, 0.1) is 11.5 Å². The number of nitrogens with zero attached hydrogens (tertiary/aromatic N) is 3. The van der Waals surface area contributed by atoms with Crippen LogP contribution in [0.4, 0.5) is 5.13 Å². The van der Waals surface area contributed by atoms with Crippen molar-refractivity contribution in [1.82, 2.24) is 15.1 Å². The summed E-state index contributed by atoms with van der Waals surface area (Å²) in [5.74, 6) is -0.435. The van der Waals surface area contributed by atoms with E-state index in [4.69, 9.17) is 0 Å². The molecule has 0 radical (unpaired) electrons. The van der Waals surface area contributed by atoms with Crippen LogP contribution in [-0.4, -0.2) is 38.5 Å². The summed E-state index contributed by atoms with van der Waals surface area (Å²) in [6, 6.07) is 7.66. The number of fused-ring (bicyclic) bond motifs is 1. The van der Waals surface area contributed by atoms with Gasteiger partial charge in [0, 0.05) is 11.6 Å². The van der Waals surface area contributed by atoms with Crippen LogP contribution >= 0.6 is 11.3 Å². The zero-order valence-electron chi connectivity index (χ0n) is 15.6. The van der Waals surface area contributed by atoms with E-state index >= 15 is 0 Å². The van der Waals surface area contributed by atoms with Gasteiger partial charge in [-0.3, -0.25) is 14.9 Å². The Labute approximate surface area is 163 Å². The first-order valence-corrected chi connectivity index (χ1v) is 10.5. The van der Waals surface area contributed by atoms with E-state index in [1.54, 1.807) is 5.51 Å². The second-order valence-corrected chi connectivity index (χ2v) is 8.33. The molecule has 7 heteroatoms. The highest BCUT2D eigenvalue weighted by Crippen LogP contribution is 2.51. The summed E-state index contributed by atoms with van der Waals surface area (Å²) in [5, 5.41) is 11.2. The molecular weight excluding hydrogens is 360 g/mol. The Hall–Kier alpha value is -2.28. The van der Waals surface area contributed by atoms with Crippen molar-refractivity contribution in [2.24, 2.45) is 0 Å². The molecule has 27 heavy (non-hydrogen) atoms. The van der Waals surface area contributed by atoms with Crippen molar-refractivity contribution in [3.05, 3.63) is 40.9 Å². The molecule has 1 N–H and O–H groups in total. The molecule has 1 aromatic carbocycles. The lowest BCUT2D eigenvalue weighted by Gasteiger charge is -2.52. The van der Waals surface area contributed by atoms with Gasteiger partial charge in [-0.25, -0.2) is 0 Å². The van der Waals surface area contributed by atoms with Crippen molar-refractivity contribution in [3.8, 4) is 0 Å². The summed E-state index contributed by atoms with van der Waals surface area (Å²) in [7, 11) is 0. The number of rotatable bonds is 4. The van der Waals surface area contributed by atoms with Crippen molar-refractivity contribution < 1.29 is 9.59 Å². The molecule has 0 bridgehead atoms. The van der Waals surface area contributed by atoms with Crippen LogP contribution in [0.2, 0.25) is 0 Å². The molecule has 0 unspecified atom stereocenters. The van der Waals surface area contributed by atoms with E-state index in [1.165, 1.54) is 11.3 Å². The van der Waals surface area contributed by atoms with E-state index in [1.807, 2.05) is 29.2 Å². The van der Waals surface area contributed by atoms with E-state index in [0.717, 1.165) is 37.7 Å². The average Bonchev–Trinajstić information content (AvgIpc) is 3.34. The molecule has 2 aromatic rings. The number of benzene rings is 1. The fourth-order valence-electron chi connectivity index (χ4n) is 4.83. The number of amides is 2. The molecule has 2 amide bonds. The van der Waals surface area contributed by atoms with Crippen LogP contribution in [0.15, 0.2) is 29.8 Å². The second kappa shape index (κ2) is 7.03. The number of hydrogen-bond acceptors (Lipinski definition) is 5. The minimum atomic E-state index is -0.463. The van der Waals surface area contributed by atoms with Crippen LogP contribution in [0.25, 0.3) is 0 Å². The fraction of sp³-hybridized carbons (Fsp3) is 0.500. The average molecular weight is 385 g/mol. The molecule has 2 aliphatic rings. The molecule has 1 spiro atoms. The monoisotopic (exact) mass is 384 g/mol. The van der Waals surface area contributed by atoms with Crippen molar-refractivity contribution in [2.75, 3.05) is 5.32 Å². The molecule has 4 rings (SSSR count). The van der Waals surface area contributed by atoms with Gasteiger partial charge < -0.3 is 4.90 Å². The minimum absolute atomic E-state index is 0.0572. The minimum Gasteiger partial charge on any atom is -0.329 e. The molecule has 142 valence electrons. The first-order chi connectivity index (χ1) is 13.1. The highest BCUT2D eigenvalue weighted by Gasteiger charge is 2.56. The number of hydrogen-bond donors (Lipinski definition) is 1. The Balaban J connectivity index is 1.85. The van der Waals surface area contributed by atoms with Gasteiger partial charge in [0.25, 0.3) is 5.91 Å². The summed E-state index contributed by atoms with van der Waals surface area (Å²) in [5.41, 5.74) is 2.62. The molecule has 6 nitrogen and oxygen atoms in total. The highest BCUT2D eigenvalue weighted by atomic mass is 32.1. The van der Waals surface area contributed by atoms with Gasteiger partial charge in [-0.1, -0.05) is 49.3 Å². The first-order valence-electron chi connectivity index (χ1n) is 9.58. The smallest absolute Gasteiger partial charge is 0.254 e. The third-order valence-electron chi connectivity index (χ3n) is 6.09. The van der Waals surface area contributed by atoms with E-state index in [0.29, 0.717) is 10.7 Å². The van der Waals surface area contributed by atoms with Crippen molar-refractivity contribution in [3.63, 3.8) is 0 Å². The van der Waals surface area contributed by atoms with Gasteiger partial charge in [-0.05, 0) is 37.8 Å². The third kappa shape index (κ3) is 2.84. The maximum atomic E-state index is 13.4. The Morgan fingerprint density at radius 1 is 1.37 bits per heavy atom. The lowest BCUT2D eigenvalue weighted by Crippen LogP contribution is -2.62. The first kappa shape index (κ1) is 18.1. The molecule has 0 saturated heterocycles. The zero-order chi connectivity index (χ0) is 19.0. The normalized spacial score (nSPS) is 21.9. The predicted molar refractivity (Wildman–Crippen MR) is 105 cm³/mol. The van der Waals surface area contributed by atoms with Crippen molar-refractivity contribution >= 4 is 28.3 Å². The number of aromatic nitrogens is 2. The maximum Gasteiger partial charge on any atom is 0.254 e. The zero-order valence-corrected chi connectivity index (χ0v) is 16.5. The number of carbonyl (C=O) groups is 2. The van der Waals surface area contributed by atoms with Crippen molar-refractivity contribution in [2.45, 2.75) is 63.5 Å². The molecule has 1 saturated carbocycles. The molecule has 1 aliphatic carbocycles. The quantitative estimate of drug-likeness (QED) is 0.869. The predicted octanol–water partition coefficient (Wildman–Crippen LogP) is 3.83. The Morgan fingerprint density at radius 2 is 2.11 bits per heavy atom. The number of carbonyl (C=O) groups excluding carboxylic acids is 2. The largest absolute Gasteiger partial charge is 0.329 e. The van der Waals surface area contributed by atoms with Crippen LogP contribution in [0.5, 0.6) is 0 Å². The molecule has 1 aliphatic heterocycles. The Bertz CT molecular complexity index is 845. The lowest BCUT2D eigenvalue weighted by molar-refractivity contribution is -0.121. The second-order valence-electron chi connectivity index (χ2n) is 7.50. The fourth-order valence-corrected chi connectivity index (χ4v) is 5.28. The lowest BCUT2D eigenvalue weighted by atomic mass is 9.70. The Kier molecular flexibility index (Phi) is 4.72. The molecule has 2 atom stereocenters. The third-order valence-corrected chi connectivity index (χ3v) is 6.70. The highest BCUT2D eigenvalue weighted by molar-refractivity contribution is 7.13. The van der Waals surface area contributed by atoms with Crippen LogP contribution < -0.4 is 5.32 Å². The van der Waals surface area contributed by atoms with Crippen LogP contribution in [0.1, 0.15) is 67.8 Å². The summed E-state index contributed by atoms with van der Waals surface area (Å²) < 4.78 is 0. The number of anilines is 1. The summed E-state index contributed by atoms with van der Waals surface area (Å²) in [6.07, 6.45) is 4.63. The van der Waals surface area contributed by atoms with Crippen LogP contribution in [0, 0.1) is 0 Å². The van der Waals surface area contributed by atoms with Crippen LogP contribution in [0.3, 0.4) is 0 Å². The summed E-state index contributed by atoms with van der Waals surface area (Å²) in [4.78, 5) is 28.9. The Morgan fingerprint density at radius 3 is 2.78 bits per heavy atom. The van der Waals surface area contributed by atoms with E-state index < -0.39 is 11.5 Å². The molecule has 2 heterocycles. The SMILES string of the molecule is CC[C@H](C)N1C(=O)c2ccccc2[C@H](C(=O)Nc2nncs2)C12CCCC2. The van der Waals surface area contributed by atoms with Gasteiger partial charge in [0.15, 0.2) is 0 Å². The molecular formula is C20H24N4O2S. The van der Waals surface area contributed by atoms with E-state index in [2.05, 4.69) is 29.4 Å². The van der Waals surface area contributed by atoms with Gasteiger partial charge in [-0.2, -0.15) is 0 Å². The van der Waals surface area contributed by atoms with E-state index in [-0.39, 0.29) is 17.9 Å². The maximum absolute atomic E-state index is 13.4. The van der Waals surface area contributed by atoms with Gasteiger partial charge >= 0.3 is 0 Å². The molecule has 1 fully saturated rings. The molecule has 1 aromatic heterocycles. The van der Waals surface area contributed by atoms with Gasteiger partial charge in [0.2, 0.25) is 11.0 Å². The number of nitrogens with one attached hydrogen (secondary N) is 1. The van der Waals surface area contributed by atoms with Crippen molar-refractivity contribution in [1.29, 1.82) is 0 Å². The van der Waals surface area contributed by atoms with Crippen LogP contribution in [-0.2, 0) is 4.79 Å². The van der Waals surface area contributed by atoms with Gasteiger partial charge in [0.1, 0.15) is 5.51 Å². The van der Waals surface area contributed by atoms with E-state index in [9.17, 15) is 9.59 Å². The standard InChI is InChI=1S/C20H24N4O2S/c1-3-13(2)24-18(26)15-9-5-4-8-14(15)16(20(24)10-6-7-11-20)17(25)22-19-23-21-12-27-19/h4-5,8-9,12-13,16H,3,6-7,10-11H2,1-2H3,(H,22,23,25)/t13-,16+/m0/s1. The summed E-state index contributed by atoms with van der Waals surface area (Å²) in [6.45, 7) is 4.18. The summed E-state index contributed by atoms with van der Waals surface area (Å²) >= 11 is 1.30. The topological polar surface area (TPSA) is 75.2 Å². The van der Waals surface area contributed by atoms with Gasteiger partial charge in [-0.15, -0.1) is 10.2 Å².